The standard InChI is InChI=1S/C22H29N3O5S/c1-15(2)12-20(25-31(28,29)19-10-8-16(3)9-11-19)22(27)24-17-6-5-7-18(13-17)30-14-21(26)23-4/h5-11,13,15,20,25H,12,14H2,1-4H3,(H,23,26)(H,24,27). The Morgan fingerprint density at radius 3 is 2.35 bits per heavy atom. The summed E-state index contributed by atoms with van der Waals surface area (Å²) in [4.78, 5) is 24.3. The number of benzene rings is 2. The van der Waals surface area contributed by atoms with Crippen LogP contribution in [0.3, 0.4) is 0 Å². The molecule has 0 heterocycles. The zero-order valence-corrected chi connectivity index (χ0v) is 19.0. The molecule has 2 aromatic carbocycles. The van der Waals surface area contributed by atoms with E-state index >= 15 is 0 Å². The zero-order chi connectivity index (χ0) is 23.0. The van der Waals surface area contributed by atoms with Gasteiger partial charge in [0.15, 0.2) is 6.61 Å². The van der Waals surface area contributed by atoms with Gasteiger partial charge in [-0.25, -0.2) is 8.42 Å². The number of carbonyl (C=O) groups is 2. The van der Waals surface area contributed by atoms with Crippen LogP contribution >= 0.6 is 0 Å². The SMILES string of the molecule is CNC(=O)COc1cccc(NC(=O)C(CC(C)C)NS(=O)(=O)c2ccc(C)cc2)c1. The maximum atomic E-state index is 12.9. The number of amides is 2. The van der Waals surface area contributed by atoms with Gasteiger partial charge in [-0.05, 0) is 43.5 Å². The zero-order valence-electron chi connectivity index (χ0n) is 18.1. The molecule has 2 amide bonds. The van der Waals surface area contributed by atoms with E-state index in [-0.39, 0.29) is 23.3 Å². The van der Waals surface area contributed by atoms with Crippen molar-refractivity contribution in [1.29, 1.82) is 0 Å². The number of nitrogens with one attached hydrogen (secondary N) is 3. The van der Waals surface area contributed by atoms with Crippen molar-refractivity contribution >= 4 is 27.5 Å². The summed E-state index contributed by atoms with van der Waals surface area (Å²) in [5.41, 5.74) is 1.37. The molecule has 8 nitrogen and oxygen atoms in total. The van der Waals surface area contributed by atoms with Gasteiger partial charge in [0, 0.05) is 18.8 Å². The molecular weight excluding hydrogens is 418 g/mol. The first kappa shape index (κ1) is 24.4. The Labute approximate surface area is 183 Å². The third-order valence-corrected chi connectivity index (χ3v) is 5.89. The number of rotatable bonds is 10. The van der Waals surface area contributed by atoms with Crippen LogP contribution < -0.4 is 20.1 Å². The fraction of sp³-hybridized carbons (Fsp3) is 0.364. The van der Waals surface area contributed by atoms with Gasteiger partial charge < -0.3 is 15.4 Å². The van der Waals surface area contributed by atoms with Gasteiger partial charge in [-0.15, -0.1) is 0 Å². The van der Waals surface area contributed by atoms with E-state index in [2.05, 4.69) is 15.4 Å². The molecule has 0 radical (unpaired) electrons. The Morgan fingerprint density at radius 2 is 1.74 bits per heavy atom. The lowest BCUT2D eigenvalue weighted by molar-refractivity contribution is -0.122. The second-order valence-corrected chi connectivity index (χ2v) is 9.31. The average Bonchev–Trinajstić information content (AvgIpc) is 2.71. The van der Waals surface area contributed by atoms with Gasteiger partial charge in [0.2, 0.25) is 15.9 Å². The van der Waals surface area contributed by atoms with Crippen molar-refractivity contribution in [1.82, 2.24) is 10.0 Å². The van der Waals surface area contributed by atoms with Gasteiger partial charge in [-0.3, -0.25) is 9.59 Å². The Hall–Kier alpha value is -2.91. The highest BCUT2D eigenvalue weighted by Gasteiger charge is 2.26. The number of carbonyl (C=O) groups excluding carboxylic acids is 2. The predicted molar refractivity (Wildman–Crippen MR) is 119 cm³/mol. The minimum Gasteiger partial charge on any atom is -0.484 e. The highest BCUT2D eigenvalue weighted by atomic mass is 32.2. The molecule has 31 heavy (non-hydrogen) atoms. The Balaban J connectivity index is 2.14. The van der Waals surface area contributed by atoms with Crippen molar-refractivity contribution in [3.05, 3.63) is 54.1 Å². The Morgan fingerprint density at radius 1 is 1.06 bits per heavy atom. The van der Waals surface area contributed by atoms with Gasteiger partial charge >= 0.3 is 0 Å². The van der Waals surface area contributed by atoms with Crippen LogP contribution in [0, 0.1) is 12.8 Å². The highest BCUT2D eigenvalue weighted by Crippen LogP contribution is 2.19. The van der Waals surface area contributed by atoms with Gasteiger partial charge in [0.25, 0.3) is 5.91 Å². The summed E-state index contributed by atoms with van der Waals surface area (Å²) >= 11 is 0. The molecule has 0 saturated carbocycles. The minimum absolute atomic E-state index is 0.0821. The van der Waals surface area contributed by atoms with Gasteiger partial charge in [0.05, 0.1) is 4.90 Å². The lowest BCUT2D eigenvalue weighted by atomic mass is 10.0. The first-order chi connectivity index (χ1) is 14.6. The van der Waals surface area contributed by atoms with Crippen LogP contribution in [0.1, 0.15) is 25.8 Å². The summed E-state index contributed by atoms with van der Waals surface area (Å²) in [5, 5.41) is 5.18. The van der Waals surface area contributed by atoms with Crippen LogP contribution in [0.2, 0.25) is 0 Å². The summed E-state index contributed by atoms with van der Waals surface area (Å²) in [6.45, 7) is 5.53. The molecule has 0 spiro atoms. The molecule has 3 N–H and O–H groups in total. The molecule has 0 fully saturated rings. The van der Waals surface area contributed by atoms with Crippen LogP contribution in [0.15, 0.2) is 53.4 Å². The molecular formula is C22H29N3O5S. The molecule has 0 aliphatic carbocycles. The number of anilines is 1. The summed E-state index contributed by atoms with van der Waals surface area (Å²) in [7, 11) is -2.36. The summed E-state index contributed by atoms with van der Waals surface area (Å²) in [6, 6.07) is 12.0. The molecule has 9 heteroatoms. The van der Waals surface area contributed by atoms with E-state index in [1.54, 1.807) is 36.4 Å². The van der Waals surface area contributed by atoms with Crippen LogP contribution in [0.4, 0.5) is 5.69 Å². The first-order valence-electron chi connectivity index (χ1n) is 9.94. The van der Waals surface area contributed by atoms with E-state index in [1.165, 1.54) is 19.2 Å². The van der Waals surface area contributed by atoms with E-state index in [0.29, 0.717) is 17.9 Å². The van der Waals surface area contributed by atoms with Gasteiger partial charge in [-0.2, -0.15) is 4.72 Å². The monoisotopic (exact) mass is 447 g/mol. The average molecular weight is 448 g/mol. The minimum atomic E-state index is -3.87. The number of aryl methyl sites for hydroxylation is 1. The molecule has 1 atom stereocenters. The lowest BCUT2D eigenvalue weighted by Gasteiger charge is -2.20. The van der Waals surface area contributed by atoms with Gasteiger partial charge in [0.1, 0.15) is 11.8 Å². The molecule has 0 aliphatic rings. The summed E-state index contributed by atoms with van der Waals surface area (Å²) in [6.07, 6.45) is 0.323. The number of hydrogen-bond acceptors (Lipinski definition) is 5. The van der Waals surface area contributed by atoms with Crippen molar-refractivity contribution in [3.8, 4) is 5.75 Å². The van der Waals surface area contributed by atoms with Crippen molar-refractivity contribution in [2.24, 2.45) is 5.92 Å². The van der Waals surface area contributed by atoms with E-state index in [0.717, 1.165) is 5.56 Å². The van der Waals surface area contributed by atoms with Crippen LogP contribution in [0.25, 0.3) is 0 Å². The normalized spacial score (nSPS) is 12.3. The van der Waals surface area contributed by atoms with Crippen molar-refractivity contribution < 1.29 is 22.7 Å². The number of hydrogen-bond donors (Lipinski definition) is 3. The third kappa shape index (κ3) is 7.69. The second-order valence-electron chi connectivity index (χ2n) is 7.60. The molecule has 2 aromatic rings. The van der Waals surface area contributed by atoms with E-state index in [1.807, 2.05) is 20.8 Å². The van der Waals surface area contributed by atoms with E-state index < -0.39 is 22.0 Å². The fourth-order valence-electron chi connectivity index (χ4n) is 2.77. The van der Waals surface area contributed by atoms with Crippen LogP contribution in [-0.4, -0.2) is 39.9 Å². The predicted octanol–water partition coefficient (Wildman–Crippen LogP) is 2.45. The van der Waals surface area contributed by atoms with E-state index in [4.69, 9.17) is 4.74 Å². The maximum absolute atomic E-state index is 12.9. The third-order valence-electron chi connectivity index (χ3n) is 4.40. The molecule has 0 saturated heterocycles. The summed E-state index contributed by atoms with van der Waals surface area (Å²) < 4.78 is 33.4. The molecule has 168 valence electrons. The van der Waals surface area contributed by atoms with Gasteiger partial charge in [-0.1, -0.05) is 37.6 Å². The number of ether oxygens (including phenoxy) is 1. The topological polar surface area (TPSA) is 114 Å². The molecule has 0 bridgehead atoms. The first-order valence-corrected chi connectivity index (χ1v) is 11.4. The summed E-state index contributed by atoms with van der Waals surface area (Å²) in [5.74, 6) is -0.273. The Kier molecular flexibility index (Phi) is 8.58. The van der Waals surface area contributed by atoms with Crippen LogP contribution in [-0.2, 0) is 19.6 Å². The quantitative estimate of drug-likeness (QED) is 0.518. The Bertz CT molecular complexity index is 1000. The van der Waals surface area contributed by atoms with Crippen LogP contribution in [0.5, 0.6) is 5.75 Å². The van der Waals surface area contributed by atoms with Crippen molar-refractivity contribution in [3.63, 3.8) is 0 Å². The molecule has 0 aromatic heterocycles. The number of sulfonamides is 1. The smallest absolute Gasteiger partial charge is 0.257 e. The van der Waals surface area contributed by atoms with E-state index in [9.17, 15) is 18.0 Å². The molecule has 2 rings (SSSR count). The molecule has 0 aliphatic heterocycles. The van der Waals surface area contributed by atoms with Crippen molar-refractivity contribution in [2.45, 2.75) is 38.1 Å². The number of likely N-dealkylation sites (N-methyl/N-ethyl adjacent to an activating group) is 1. The lowest BCUT2D eigenvalue weighted by Crippen LogP contribution is -2.44. The largest absolute Gasteiger partial charge is 0.484 e. The highest BCUT2D eigenvalue weighted by molar-refractivity contribution is 7.89. The molecule has 1 unspecified atom stereocenters. The maximum Gasteiger partial charge on any atom is 0.257 e. The van der Waals surface area contributed by atoms with Crippen molar-refractivity contribution in [2.75, 3.05) is 19.0 Å². The second kappa shape index (κ2) is 10.9. The fourth-order valence-corrected chi connectivity index (χ4v) is 3.98.